The van der Waals surface area contributed by atoms with Gasteiger partial charge in [0.05, 0.1) is 0 Å². The molecule has 6 nitrogen and oxygen atoms in total. The minimum atomic E-state index is -0.281. The number of carbonyl (C=O) groups is 1. The standard InChI is InChI=1S/C16H21N5O/c1-5-21(6-2)16-18-12(4)10-13(19-16)15(22)20-14-9-7-8-11(3)17-14/h7-10H,5-6H2,1-4H3,(H,17,20,22). The van der Waals surface area contributed by atoms with Crippen molar-refractivity contribution in [1.29, 1.82) is 0 Å². The number of anilines is 2. The van der Waals surface area contributed by atoms with Crippen LogP contribution in [0, 0.1) is 13.8 Å². The van der Waals surface area contributed by atoms with Gasteiger partial charge in [0.1, 0.15) is 11.5 Å². The van der Waals surface area contributed by atoms with Gasteiger partial charge in [-0.3, -0.25) is 4.79 Å². The lowest BCUT2D eigenvalue weighted by molar-refractivity contribution is 0.102. The van der Waals surface area contributed by atoms with Crippen LogP contribution in [0.3, 0.4) is 0 Å². The van der Waals surface area contributed by atoms with Gasteiger partial charge in [-0.05, 0) is 45.9 Å². The van der Waals surface area contributed by atoms with E-state index in [9.17, 15) is 4.79 Å². The topological polar surface area (TPSA) is 71.0 Å². The van der Waals surface area contributed by atoms with Crippen molar-refractivity contribution in [3.8, 4) is 0 Å². The molecule has 0 unspecified atom stereocenters. The first-order chi connectivity index (χ1) is 10.5. The van der Waals surface area contributed by atoms with Crippen LogP contribution >= 0.6 is 0 Å². The maximum absolute atomic E-state index is 12.4. The third-order valence-electron chi connectivity index (χ3n) is 3.25. The first-order valence-corrected chi connectivity index (χ1v) is 7.39. The highest BCUT2D eigenvalue weighted by Crippen LogP contribution is 2.12. The average Bonchev–Trinajstić information content (AvgIpc) is 2.48. The molecule has 0 saturated heterocycles. The molecule has 0 aromatic carbocycles. The fourth-order valence-electron chi connectivity index (χ4n) is 2.11. The highest BCUT2D eigenvalue weighted by atomic mass is 16.1. The zero-order valence-electron chi connectivity index (χ0n) is 13.4. The van der Waals surface area contributed by atoms with Crippen molar-refractivity contribution >= 4 is 17.7 Å². The van der Waals surface area contributed by atoms with E-state index in [1.807, 2.05) is 44.7 Å². The van der Waals surface area contributed by atoms with E-state index < -0.39 is 0 Å². The maximum atomic E-state index is 12.4. The number of aryl methyl sites for hydroxylation is 2. The molecule has 0 radical (unpaired) electrons. The molecule has 116 valence electrons. The smallest absolute Gasteiger partial charge is 0.275 e. The molecular formula is C16H21N5O. The third kappa shape index (κ3) is 3.78. The summed E-state index contributed by atoms with van der Waals surface area (Å²) in [6, 6.07) is 7.16. The lowest BCUT2D eigenvalue weighted by atomic mass is 10.3. The van der Waals surface area contributed by atoms with Crippen molar-refractivity contribution < 1.29 is 4.79 Å². The summed E-state index contributed by atoms with van der Waals surface area (Å²) in [5.41, 5.74) is 1.96. The van der Waals surface area contributed by atoms with Crippen LogP contribution in [0.4, 0.5) is 11.8 Å². The highest BCUT2D eigenvalue weighted by molar-refractivity contribution is 6.02. The number of aromatic nitrogens is 3. The van der Waals surface area contributed by atoms with E-state index in [0.717, 1.165) is 24.5 Å². The van der Waals surface area contributed by atoms with Crippen LogP contribution in [0.25, 0.3) is 0 Å². The van der Waals surface area contributed by atoms with E-state index in [1.165, 1.54) is 0 Å². The lowest BCUT2D eigenvalue weighted by Crippen LogP contribution is -2.26. The van der Waals surface area contributed by atoms with E-state index in [-0.39, 0.29) is 5.91 Å². The molecule has 0 aliphatic heterocycles. The molecule has 0 atom stereocenters. The van der Waals surface area contributed by atoms with Gasteiger partial charge in [0.25, 0.3) is 5.91 Å². The van der Waals surface area contributed by atoms with Crippen molar-refractivity contribution in [3.63, 3.8) is 0 Å². The number of hydrogen-bond acceptors (Lipinski definition) is 5. The number of carbonyl (C=O) groups excluding carboxylic acids is 1. The summed E-state index contributed by atoms with van der Waals surface area (Å²) in [7, 11) is 0. The summed E-state index contributed by atoms with van der Waals surface area (Å²) >= 11 is 0. The van der Waals surface area contributed by atoms with Gasteiger partial charge in [-0.15, -0.1) is 0 Å². The van der Waals surface area contributed by atoms with E-state index >= 15 is 0 Å². The lowest BCUT2D eigenvalue weighted by Gasteiger charge is -2.19. The fourth-order valence-corrected chi connectivity index (χ4v) is 2.11. The Kier molecular flexibility index (Phi) is 5.04. The highest BCUT2D eigenvalue weighted by Gasteiger charge is 2.14. The number of nitrogens with zero attached hydrogens (tertiary/aromatic N) is 4. The van der Waals surface area contributed by atoms with Crippen molar-refractivity contribution in [3.05, 3.63) is 41.3 Å². The van der Waals surface area contributed by atoms with E-state index in [4.69, 9.17) is 0 Å². The van der Waals surface area contributed by atoms with Gasteiger partial charge in [0, 0.05) is 24.5 Å². The van der Waals surface area contributed by atoms with Crippen LogP contribution in [0.5, 0.6) is 0 Å². The monoisotopic (exact) mass is 299 g/mol. The molecule has 2 aromatic rings. The Morgan fingerprint density at radius 2 is 1.82 bits per heavy atom. The second-order valence-corrected chi connectivity index (χ2v) is 4.99. The normalized spacial score (nSPS) is 10.4. The van der Waals surface area contributed by atoms with Gasteiger partial charge >= 0.3 is 0 Å². The summed E-state index contributed by atoms with van der Waals surface area (Å²) in [5, 5.41) is 2.77. The molecule has 2 rings (SSSR count). The van der Waals surface area contributed by atoms with E-state index in [1.54, 1.807) is 12.1 Å². The fraction of sp³-hybridized carbons (Fsp3) is 0.375. The van der Waals surface area contributed by atoms with Gasteiger partial charge in [-0.1, -0.05) is 6.07 Å². The molecule has 22 heavy (non-hydrogen) atoms. The Morgan fingerprint density at radius 1 is 1.09 bits per heavy atom. The summed E-state index contributed by atoms with van der Waals surface area (Å²) in [6.45, 7) is 9.39. The number of nitrogens with one attached hydrogen (secondary N) is 1. The Morgan fingerprint density at radius 3 is 2.45 bits per heavy atom. The number of rotatable bonds is 5. The Balaban J connectivity index is 2.26. The Hall–Kier alpha value is -2.50. The van der Waals surface area contributed by atoms with E-state index in [0.29, 0.717) is 17.5 Å². The van der Waals surface area contributed by atoms with E-state index in [2.05, 4.69) is 20.3 Å². The molecule has 0 spiro atoms. The predicted molar refractivity (Wildman–Crippen MR) is 87.3 cm³/mol. The second-order valence-electron chi connectivity index (χ2n) is 4.99. The first kappa shape index (κ1) is 15.9. The van der Waals surface area contributed by atoms with Crippen LogP contribution in [0.1, 0.15) is 35.7 Å². The SMILES string of the molecule is CCN(CC)c1nc(C)cc(C(=O)Nc2cccc(C)n2)n1. The molecular weight excluding hydrogens is 278 g/mol. The summed E-state index contributed by atoms with van der Waals surface area (Å²) in [4.78, 5) is 27.4. The predicted octanol–water partition coefficient (Wildman–Crippen LogP) is 2.59. The molecule has 6 heteroatoms. The van der Waals surface area contributed by atoms with Crippen molar-refractivity contribution in [2.45, 2.75) is 27.7 Å². The van der Waals surface area contributed by atoms with Crippen molar-refractivity contribution in [1.82, 2.24) is 15.0 Å². The number of pyridine rings is 1. The third-order valence-corrected chi connectivity index (χ3v) is 3.25. The first-order valence-electron chi connectivity index (χ1n) is 7.39. The Labute approximate surface area is 130 Å². The van der Waals surface area contributed by atoms with Gasteiger partial charge in [-0.2, -0.15) is 0 Å². The van der Waals surface area contributed by atoms with Crippen molar-refractivity contribution in [2.75, 3.05) is 23.3 Å². The molecule has 0 fully saturated rings. The molecule has 2 aromatic heterocycles. The number of hydrogen-bond donors (Lipinski definition) is 1. The second kappa shape index (κ2) is 6.98. The molecule has 0 saturated carbocycles. The van der Waals surface area contributed by atoms with Crippen LogP contribution in [0.15, 0.2) is 24.3 Å². The van der Waals surface area contributed by atoms with Gasteiger partial charge in [0.15, 0.2) is 0 Å². The molecule has 1 amide bonds. The van der Waals surface area contributed by atoms with Gasteiger partial charge in [0.2, 0.25) is 5.95 Å². The summed E-state index contributed by atoms with van der Waals surface area (Å²) < 4.78 is 0. The summed E-state index contributed by atoms with van der Waals surface area (Å²) in [6.07, 6.45) is 0. The molecule has 0 aliphatic carbocycles. The summed E-state index contributed by atoms with van der Waals surface area (Å²) in [5.74, 6) is 0.815. The minimum Gasteiger partial charge on any atom is -0.341 e. The van der Waals surface area contributed by atoms with Crippen LogP contribution in [0.2, 0.25) is 0 Å². The average molecular weight is 299 g/mol. The van der Waals surface area contributed by atoms with Crippen LogP contribution in [-0.4, -0.2) is 33.9 Å². The maximum Gasteiger partial charge on any atom is 0.275 e. The molecule has 0 bridgehead atoms. The quantitative estimate of drug-likeness (QED) is 0.919. The van der Waals surface area contributed by atoms with Gasteiger partial charge < -0.3 is 10.2 Å². The van der Waals surface area contributed by atoms with Gasteiger partial charge in [-0.25, -0.2) is 15.0 Å². The van der Waals surface area contributed by atoms with Crippen molar-refractivity contribution in [2.24, 2.45) is 0 Å². The van der Waals surface area contributed by atoms with Crippen LogP contribution < -0.4 is 10.2 Å². The molecule has 2 heterocycles. The minimum absolute atomic E-state index is 0.281. The Bertz CT molecular complexity index is 667. The number of amides is 1. The van der Waals surface area contributed by atoms with Crippen LogP contribution in [-0.2, 0) is 0 Å². The largest absolute Gasteiger partial charge is 0.341 e. The molecule has 0 aliphatic rings. The zero-order valence-corrected chi connectivity index (χ0v) is 13.4. The molecule has 1 N–H and O–H groups in total. The zero-order chi connectivity index (χ0) is 16.1.